The van der Waals surface area contributed by atoms with Crippen molar-refractivity contribution in [3.63, 3.8) is 0 Å². The number of hydrogen-bond donors (Lipinski definition) is 2. The highest BCUT2D eigenvalue weighted by Gasteiger charge is 2.10. The molecule has 2 rings (SSSR count). The number of hydrogen-bond acceptors (Lipinski definition) is 5. The van der Waals surface area contributed by atoms with Crippen molar-refractivity contribution in [2.24, 2.45) is 0 Å². The largest absolute Gasteiger partial charge is 0.497 e. The van der Waals surface area contributed by atoms with Crippen LogP contribution in [0.5, 0.6) is 5.75 Å². The van der Waals surface area contributed by atoms with E-state index in [9.17, 15) is 0 Å². The van der Waals surface area contributed by atoms with Crippen molar-refractivity contribution in [2.45, 2.75) is 32.7 Å². The molecule has 0 fully saturated rings. The Morgan fingerprint density at radius 3 is 2.33 bits per heavy atom. The predicted molar refractivity (Wildman–Crippen MR) is 85.6 cm³/mol. The highest BCUT2D eigenvalue weighted by molar-refractivity contribution is 5.46. The van der Waals surface area contributed by atoms with Crippen molar-refractivity contribution < 1.29 is 4.74 Å². The van der Waals surface area contributed by atoms with Gasteiger partial charge >= 0.3 is 0 Å². The third-order valence-electron chi connectivity index (χ3n) is 3.26. The number of methoxy groups -OCH3 is 1. The van der Waals surface area contributed by atoms with Gasteiger partial charge in [0.25, 0.3) is 0 Å². The molecule has 0 bridgehead atoms. The maximum Gasteiger partial charge on any atom is 0.135 e. The molecule has 1 heterocycles. The summed E-state index contributed by atoms with van der Waals surface area (Å²) in [4.78, 5) is 8.75. The summed E-state index contributed by atoms with van der Waals surface area (Å²) in [5.41, 5.74) is 6.99. The molecule has 0 aliphatic rings. The molecule has 5 nitrogen and oxygen atoms in total. The van der Waals surface area contributed by atoms with Crippen LogP contribution in [0.3, 0.4) is 0 Å². The summed E-state index contributed by atoms with van der Waals surface area (Å²) in [6.07, 6.45) is 0. The van der Waals surface area contributed by atoms with Crippen LogP contribution in [-0.4, -0.2) is 17.1 Å². The molecule has 0 saturated heterocycles. The van der Waals surface area contributed by atoms with Gasteiger partial charge in [0.2, 0.25) is 0 Å². The van der Waals surface area contributed by atoms with Gasteiger partial charge in [-0.3, -0.25) is 0 Å². The minimum atomic E-state index is 0.116. The summed E-state index contributed by atoms with van der Waals surface area (Å²) in [5.74, 6) is 3.07. The molecule has 3 N–H and O–H groups in total. The average Bonchev–Trinajstić information content (AvgIpc) is 2.46. The van der Waals surface area contributed by atoms with Gasteiger partial charge in [-0.15, -0.1) is 0 Å². The van der Waals surface area contributed by atoms with Crippen LogP contribution < -0.4 is 15.8 Å². The van der Waals surface area contributed by atoms with E-state index in [-0.39, 0.29) is 12.0 Å². The highest BCUT2D eigenvalue weighted by atomic mass is 16.5. The van der Waals surface area contributed by atoms with E-state index in [4.69, 9.17) is 10.5 Å². The zero-order valence-corrected chi connectivity index (χ0v) is 12.9. The Labute approximate surface area is 125 Å². The normalized spacial score (nSPS) is 12.2. The van der Waals surface area contributed by atoms with E-state index in [1.807, 2.05) is 38.1 Å². The van der Waals surface area contributed by atoms with Crippen LogP contribution in [0.4, 0.5) is 11.6 Å². The number of rotatable bonds is 5. The Hall–Kier alpha value is -2.30. The second-order valence-corrected chi connectivity index (χ2v) is 5.33. The van der Waals surface area contributed by atoms with Crippen LogP contribution in [-0.2, 0) is 0 Å². The highest BCUT2D eigenvalue weighted by Crippen LogP contribution is 2.22. The van der Waals surface area contributed by atoms with Gasteiger partial charge in [0.1, 0.15) is 23.2 Å². The molecule has 1 atom stereocenters. The number of ether oxygens (including phenoxy) is 1. The first-order valence-corrected chi connectivity index (χ1v) is 7.04. The minimum Gasteiger partial charge on any atom is -0.497 e. The first kappa shape index (κ1) is 15.1. The lowest BCUT2D eigenvalue weighted by atomic mass is 10.1. The van der Waals surface area contributed by atoms with Crippen molar-refractivity contribution >= 4 is 11.6 Å². The van der Waals surface area contributed by atoms with Crippen molar-refractivity contribution in [3.05, 3.63) is 41.7 Å². The molecule has 1 aromatic carbocycles. The lowest BCUT2D eigenvalue weighted by molar-refractivity contribution is 0.414. The van der Waals surface area contributed by atoms with Gasteiger partial charge in [0.15, 0.2) is 0 Å². The molecule has 112 valence electrons. The fraction of sp³-hybridized carbons (Fsp3) is 0.375. The standard InChI is InChI=1S/C16H22N4O/c1-10(2)16-19-14(17)9-15(20-16)18-11(3)12-5-7-13(21-4)8-6-12/h5-11H,1-4H3,(H3,17,18,19,20). The van der Waals surface area contributed by atoms with Crippen molar-refractivity contribution in [1.82, 2.24) is 9.97 Å². The van der Waals surface area contributed by atoms with Gasteiger partial charge < -0.3 is 15.8 Å². The van der Waals surface area contributed by atoms with Gasteiger partial charge in [-0.1, -0.05) is 26.0 Å². The number of nitrogens with two attached hydrogens (primary N) is 1. The summed E-state index contributed by atoms with van der Waals surface area (Å²) < 4.78 is 5.17. The molecule has 21 heavy (non-hydrogen) atoms. The Morgan fingerprint density at radius 2 is 1.76 bits per heavy atom. The number of nitrogen functional groups attached to an aromatic ring is 1. The summed E-state index contributed by atoms with van der Waals surface area (Å²) in [6, 6.07) is 9.83. The zero-order chi connectivity index (χ0) is 15.4. The van der Waals surface area contributed by atoms with E-state index >= 15 is 0 Å². The van der Waals surface area contributed by atoms with E-state index in [2.05, 4.69) is 22.2 Å². The van der Waals surface area contributed by atoms with E-state index in [1.54, 1.807) is 13.2 Å². The van der Waals surface area contributed by atoms with Crippen molar-refractivity contribution in [3.8, 4) is 5.75 Å². The Kier molecular flexibility index (Phi) is 4.62. The molecule has 1 aromatic heterocycles. The van der Waals surface area contributed by atoms with Crippen molar-refractivity contribution in [1.29, 1.82) is 0 Å². The summed E-state index contributed by atoms with van der Waals surface area (Å²) in [6.45, 7) is 6.17. The lowest BCUT2D eigenvalue weighted by Gasteiger charge is -2.16. The van der Waals surface area contributed by atoms with E-state index < -0.39 is 0 Å². The average molecular weight is 286 g/mol. The number of nitrogens with zero attached hydrogens (tertiary/aromatic N) is 2. The monoisotopic (exact) mass is 286 g/mol. The van der Waals surface area contributed by atoms with Crippen LogP contribution in [0.15, 0.2) is 30.3 Å². The molecular weight excluding hydrogens is 264 g/mol. The molecule has 0 amide bonds. The van der Waals surface area contributed by atoms with Crippen LogP contribution in [0.2, 0.25) is 0 Å². The fourth-order valence-electron chi connectivity index (χ4n) is 2.02. The van der Waals surface area contributed by atoms with E-state index in [0.717, 1.165) is 23.0 Å². The maximum absolute atomic E-state index is 5.84. The zero-order valence-electron chi connectivity index (χ0n) is 12.9. The summed E-state index contributed by atoms with van der Waals surface area (Å²) >= 11 is 0. The smallest absolute Gasteiger partial charge is 0.135 e. The fourth-order valence-corrected chi connectivity index (χ4v) is 2.02. The van der Waals surface area contributed by atoms with E-state index in [0.29, 0.717) is 5.82 Å². The topological polar surface area (TPSA) is 73.1 Å². The number of benzene rings is 1. The van der Waals surface area contributed by atoms with Gasteiger partial charge in [0.05, 0.1) is 7.11 Å². The van der Waals surface area contributed by atoms with Gasteiger partial charge in [-0.05, 0) is 24.6 Å². The van der Waals surface area contributed by atoms with Crippen LogP contribution in [0.25, 0.3) is 0 Å². The number of nitrogens with one attached hydrogen (secondary N) is 1. The number of aromatic nitrogens is 2. The predicted octanol–water partition coefficient (Wildman–Crippen LogP) is 3.36. The molecule has 0 aliphatic heterocycles. The SMILES string of the molecule is COc1ccc(C(C)Nc2cc(N)nc(C(C)C)n2)cc1. The Morgan fingerprint density at radius 1 is 1.10 bits per heavy atom. The first-order chi connectivity index (χ1) is 9.99. The van der Waals surface area contributed by atoms with Crippen LogP contribution in [0, 0.1) is 0 Å². The number of anilines is 2. The minimum absolute atomic E-state index is 0.116. The molecule has 2 aromatic rings. The molecule has 0 spiro atoms. The molecule has 5 heteroatoms. The molecule has 0 aliphatic carbocycles. The third kappa shape index (κ3) is 3.84. The summed E-state index contributed by atoms with van der Waals surface area (Å²) in [5, 5.41) is 3.36. The van der Waals surface area contributed by atoms with E-state index in [1.165, 1.54) is 0 Å². The van der Waals surface area contributed by atoms with Crippen LogP contribution in [0.1, 0.15) is 44.1 Å². The Balaban J connectivity index is 2.16. The molecule has 0 saturated carbocycles. The lowest BCUT2D eigenvalue weighted by Crippen LogP contribution is -2.11. The third-order valence-corrected chi connectivity index (χ3v) is 3.26. The maximum atomic E-state index is 5.84. The first-order valence-electron chi connectivity index (χ1n) is 7.04. The van der Waals surface area contributed by atoms with Crippen molar-refractivity contribution in [2.75, 3.05) is 18.2 Å². The second kappa shape index (κ2) is 6.43. The van der Waals surface area contributed by atoms with Crippen LogP contribution >= 0.6 is 0 Å². The van der Waals surface area contributed by atoms with Gasteiger partial charge in [0, 0.05) is 18.0 Å². The Bertz CT molecular complexity index is 596. The molecule has 0 radical (unpaired) electrons. The second-order valence-electron chi connectivity index (χ2n) is 5.33. The quantitative estimate of drug-likeness (QED) is 0.881. The van der Waals surface area contributed by atoms with Gasteiger partial charge in [-0.2, -0.15) is 0 Å². The summed E-state index contributed by atoms with van der Waals surface area (Å²) in [7, 11) is 1.66. The molecular formula is C16H22N4O. The van der Waals surface area contributed by atoms with Gasteiger partial charge in [-0.25, -0.2) is 9.97 Å². The molecule has 1 unspecified atom stereocenters.